The van der Waals surface area contributed by atoms with E-state index in [2.05, 4.69) is 5.32 Å². The number of carbonyl (C=O) groups is 5. The molecule has 0 unspecified atom stereocenters. The third-order valence-electron chi connectivity index (χ3n) is 11.3. The molecule has 0 heterocycles. The summed E-state index contributed by atoms with van der Waals surface area (Å²) in [7, 11) is 6.28. The smallest absolute Gasteiger partial charge is 0.411 e. The first-order valence-electron chi connectivity index (χ1n) is 24.9. The highest BCUT2D eigenvalue weighted by molar-refractivity contribution is 5.91. The van der Waals surface area contributed by atoms with Gasteiger partial charge in [0.25, 0.3) is 0 Å². The first-order chi connectivity index (χ1) is 36.2. The molecule has 1 atom stereocenters. The Labute approximate surface area is 435 Å². The summed E-state index contributed by atoms with van der Waals surface area (Å²) in [6.45, 7) is 4.82. The highest BCUT2D eigenvalue weighted by Crippen LogP contribution is 2.44. The van der Waals surface area contributed by atoms with E-state index in [4.69, 9.17) is 61.6 Å². The maximum absolute atomic E-state index is 14.3. The maximum Gasteiger partial charge on any atom is 0.411 e. The minimum atomic E-state index is -1.90. The normalized spacial score (nSPS) is 12.3. The van der Waals surface area contributed by atoms with Crippen LogP contribution in [0.25, 0.3) is 11.1 Å². The van der Waals surface area contributed by atoms with Gasteiger partial charge in [-0.15, -0.1) is 0 Å². The van der Waals surface area contributed by atoms with Crippen molar-refractivity contribution in [1.29, 1.82) is 0 Å². The van der Waals surface area contributed by atoms with Crippen LogP contribution >= 0.6 is 0 Å². The Morgan fingerprint density at radius 1 is 0.500 bits per heavy atom. The second-order valence-electron chi connectivity index (χ2n) is 16.4. The van der Waals surface area contributed by atoms with E-state index in [-0.39, 0.29) is 98.9 Å². The Bertz CT molecular complexity index is 1780. The minimum absolute atomic E-state index is 0.0420. The molecule has 74 heavy (non-hydrogen) atoms. The summed E-state index contributed by atoms with van der Waals surface area (Å²) in [6, 6.07) is 13.5. The molecule has 0 fully saturated rings. The number of fused-ring (bicyclic) bond motifs is 3. The fraction of sp³-hybridized carbons (Fsp3) is 0.667. The van der Waals surface area contributed by atoms with E-state index in [0.717, 1.165) is 27.2 Å². The molecule has 0 spiro atoms. The number of methoxy groups -OCH3 is 4. The van der Waals surface area contributed by atoms with Crippen molar-refractivity contribution in [2.24, 2.45) is 0 Å². The van der Waals surface area contributed by atoms with Crippen LogP contribution in [-0.2, 0) is 80.8 Å². The standard InChI is InChI=1S/C51H80N4O19/c1-62-21-25-70-33-29-66-17-13-53(14-18-67-30-34-71-26-22-63-2)48(57)38-52-47(56)37-46(50(59)60)55(51(61)74-40-45-43-11-7-5-9-41(43)42-10-6-8-12-44(42)45)39-49(58)54(15-19-68-31-35-72-27-23-64-3)16-20-69-32-36-73-28-24-65-4/h5-12,45-46H,13-40H2,1-4H3,(H,52,56)(H,59,60)/t46-/m0/s1. The average molecular weight is 1050 g/mol. The molecular formula is C51H80N4O19. The molecule has 0 saturated carbocycles. The molecule has 0 saturated heterocycles. The number of benzene rings is 2. The van der Waals surface area contributed by atoms with Crippen molar-refractivity contribution in [3.63, 3.8) is 0 Å². The van der Waals surface area contributed by atoms with Crippen molar-refractivity contribution >= 4 is 29.8 Å². The zero-order chi connectivity index (χ0) is 53.4. The highest BCUT2D eigenvalue weighted by atomic mass is 16.6. The highest BCUT2D eigenvalue weighted by Gasteiger charge is 2.37. The molecular weight excluding hydrogens is 973 g/mol. The maximum atomic E-state index is 14.3. The molecule has 2 aromatic carbocycles. The predicted octanol–water partition coefficient (Wildman–Crippen LogP) is 1.57. The summed E-state index contributed by atoms with van der Waals surface area (Å²) in [5, 5.41) is 13.2. The first-order valence-corrected chi connectivity index (χ1v) is 24.9. The van der Waals surface area contributed by atoms with Gasteiger partial charge in [0.15, 0.2) is 0 Å². The van der Waals surface area contributed by atoms with Crippen molar-refractivity contribution in [3.05, 3.63) is 59.7 Å². The van der Waals surface area contributed by atoms with Gasteiger partial charge in [-0.1, -0.05) is 48.5 Å². The Kier molecular flexibility index (Phi) is 34.6. The van der Waals surface area contributed by atoms with Gasteiger partial charge in [-0.2, -0.15) is 0 Å². The molecule has 418 valence electrons. The van der Waals surface area contributed by atoms with E-state index in [0.29, 0.717) is 66.1 Å². The van der Waals surface area contributed by atoms with E-state index in [1.807, 2.05) is 48.5 Å². The van der Waals surface area contributed by atoms with Crippen LogP contribution in [-0.4, -0.2) is 262 Å². The number of nitrogens with one attached hydrogen (secondary N) is 1. The lowest BCUT2D eigenvalue weighted by Crippen LogP contribution is -2.53. The number of carbonyl (C=O) groups excluding carboxylic acids is 4. The van der Waals surface area contributed by atoms with Gasteiger partial charge in [-0.05, 0) is 22.3 Å². The number of aliphatic carboxylic acids is 1. The van der Waals surface area contributed by atoms with Crippen molar-refractivity contribution in [1.82, 2.24) is 20.0 Å². The average Bonchev–Trinajstić information content (AvgIpc) is 3.72. The van der Waals surface area contributed by atoms with Gasteiger partial charge in [-0.3, -0.25) is 19.3 Å². The summed E-state index contributed by atoms with van der Waals surface area (Å²) < 4.78 is 70.5. The van der Waals surface area contributed by atoms with Gasteiger partial charge in [0.2, 0.25) is 17.7 Å². The quantitative estimate of drug-likeness (QED) is 0.0894. The van der Waals surface area contributed by atoms with E-state index >= 15 is 0 Å². The van der Waals surface area contributed by atoms with Crippen LogP contribution in [0.15, 0.2) is 48.5 Å². The molecule has 23 heteroatoms. The predicted molar refractivity (Wildman–Crippen MR) is 268 cm³/mol. The second kappa shape index (κ2) is 40.4. The number of nitrogens with zero attached hydrogens (tertiary/aromatic N) is 3. The lowest BCUT2D eigenvalue weighted by Gasteiger charge is -2.31. The van der Waals surface area contributed by atoms with Crippen LogP contribution in [0.4, 0.5) is 4.79 Å². The van der Waals surface area contributed by atoms with Gasteiger partial charge in [0, 0.05) is 60.5 Å². The Morgan fingerprint density at radius 2 is 0.851 bits per heavy atom. The summed E-state index contributed by atoms with van der Waals surface area (Å²) in [5.74, 6) is -4.02. The summed E-state index contributed by atoms with van der Waals surface area (Å²) >= 11 is 0. The number of carboxylic acid groups (broad SMARTS) is 1. The van der Waals surface area contributed by atoms with Crippen LogP contribution in [0.2, 0.25) is 0 Å². The zero-order valence-electron chi connectivity index (χ0n) is 43.7. The number of hydrogen-bond donors (Lipinski definition) is 2. The molecule has 2 N–H and O–H groups in total. The topological polar surface area (TPSA) is 247 Å². The van der Waals surface area contributed by atoms with Crippen LogP contribution < -0.4 is 5.32 Å². The van der Waals surface area contributed by atoms with Crippen molar-refractivity contribution in [2.75, 3.05) is 206 Å². The minimum Gasteiger partial charge on any atom is -0.480 e. The number of carboxylic acids is 1. The molecule has 1 aliphatic rings. The molecule has 0 radical (unpaired) electrons. The second-order valence-corrected chi connectivity index (χ2v) is 16.4. The largest absolute Gasteiger partial charge is 0.480 e. The molecule has 0 bridgehead atoms. The summed E-state index contributed by atoms with van der Waals surface area (Å²) in [6.07, 6.45) is -1.96. The lowest BCUT2D eigenvalue weighted by atomic mass is 9.98. The van der Waals surface area contributed by atoms with Crippen LogP contribution in [0.5, 0.6) is 0 Å². The fourth-order valence-corrected chi connectivity index (χ4v) is 7.37. The van der Waals surface area contributed by atoms with Crippen LogP contribution in [0.3, 0.4) is 0 Å². The van der Waals surface area contributed by atoms with Crippen molar-refractivity contribution in [3.8, 4) is 11.1 Å². The van der Waals surface area contributed by atoms with Crippen molar-refractivity contribution < 1.29 is 90.7 Å². The van der Waals surface area contributed by atoms with E-state index in [1.165, 1.54) is 9.80 Å². The SMILES string of the molecule is COCCOCCOCCN(CCOCCOCCOC)C(=O)CNC(=O)C[C@@H](C(=O)O)N(CC(=O)N(CCOCCOCCOC)CCOCCOCCOC)C(=O)OCC1c2ccccc2-c2ccccc21. The Hall–Kier alpha value is -4.89. The third kappa shape index (κ3) is 25.6. The summed E-state index contributed by atoms with van der Waals surface area (Å²) in [5.41, 5.74) is 3.76. The number of amides is 4. The molecule has 2 aromatic rings. The fourth-order valence-electron chi connectivity index (χ4n) is 7.37. The van der Waals surface area contributed by atoms with E-state index in [1.54, 1.807) is 28.4 Å². The Balaban J connectivity index is 1.78. The van der Waals surface area contributed by atoms with Crippen LogP contribution in [0.1, 0.15) is 23.5 Å². The van der Waals surface area contributed by atoms with Gasteiger partial charge < -0.3 is 81.8 Å². The zero-order valence-corrected chi connectivity index (χ0v) is 43.7. The molecule has 0 aliphatic heterocycles. The van der Waals surface area contributed by atoms with Gasteiger partial charge in [-0.25, -0.2) is 9.59 Å². The van der Waals surface area contributed by atoms with Gasteiger partial charge in [0.1, 0.15) is 19.2 Å². The van der Waals surface area contributed by atoms with Crippen LogP contribution in [0, 0.1) is 0 Å². The lowest BCUT2D eigenvalue weighted by molar-refractivity contribution is -0.146. The first kappa shape index (κ1) is 63.4. The molecule has 4 amide bonds. The number of rotatable bonds is 46. The number of hydrogen-bond acceptors (Lipinski definition) is 18. The third-order valence-corrected chi connectivity index (χ3v) is 11.3. The molecule has 0 aromatic heterocycles. The molecule has 23 nitrogen and oxygen atoms in total. The molecule has 3 rings (SSSR count). The summed E-state index contributed by atoms with van der Waals surface area (Å²) in [4.78, 5) is 72.6. The van der Waals surface area contributed by atoms with Crippen molar-refractivity contribution in [2.45, 2.75) is 18.4 Å². The number of ether oxygens (including phenoxy) is 13. The van der Waals surface area contributed by atoms with Gasteiger partial charge >= 0.3 is 12.1 Å². The van der Waals surface area contributed by atoms with E-state index < -0.39 is 61.3 Å². The van der Waals surface area contributed by atoms with E-state index in [9.17, 15) is 29.1 Å². The van der Waals surface area contributed by atoms with Gasteiger partial charge in [0.05, 0.1) is 145 Å². The Morgan fingerprint density at radius 3 is 1.23 bits per heavy atom. The monoisotopic (exact) mass is 1050 g/mol. The molecule has 1 aliphatic carbocycles.